The molecule has 1 aromatic carbocycles. The second kappa shape index (κ2) is 8.16. The molecule has 1 aliphatic heterocycles. The molecule has 2 heterocycles. The molecule has 0 amide bonds. The highest BCUT2D eigenvalue weighted by Crippen LogP contribution is 2.51. The van der Waals surface area contributed by atoms with Crippen molar-refractivity contribution in [3.63, 3.8) is 0 Å². The van der Waals surface area contributed by atoms with Crippen LogP contribution in [0.5, 0.6) is 17.6 Å². The molecule has 1 aliphatic carbocycles. The fourth-order valence-electron chi connectivity index (χ4n) is 5.02. The molecule has 2 aromatic rings. The first kappa shape index (κ1) is 19.9. The van der Waals surface area contributed by atoms with Crippen molar-refractivity contribution in [2.75, 3.05) is 34.4 Å². The average Bonchev–Trinajstić information content (AvgIpc) is 2.74. The summed E-state index contributed by atoms with van der Waals surface area (Å²) < 4.78 is 16.0. The highest BCUT2D eigenvalue weighted by molar-refractivity contribution is 5.35. The summed E-state index contributed by atoms with van der Waals surface area (Å²) >= 11 is 0. The van der Waals surface area contributed by atoms with Crippen LogP contribution < -0.4 is 14.2 Å². The quantitative estimate of drug-likeness (QED) is 0.800. The van der Waals surface area contributed by atoms with Crippen molar-refractivity contribution in [2.45, 2.75) is 31.4 Å². The topological polar surface area (TPSA) is 76.9 Å². The van der Waals surface area contributed by atoms with Gasteiger partial charge in [-0.3, -0.25) is 4.90 Å². The third-order valence-corrected chi connectivity index (χ3v) is 6.39. The monoisotopic (exact) mass is 399 g/mol. The van der Waals surface area contributed by atoms with Crippen LogP contribution in [0.25, 0.3) is 0 Å². The van der Waals surface area contributed by atoms with E-state index >= 15 is 0 Å². The van der Waals surface area contributed by atoms with Gasteiger partial charge in [0, 0.05) is 37.7 Å². The summed E-state index contributed by atoms with van der Waals surface area (Å²) in [5.74, 6) is 1.48. The van der Waals surface area contributed by atoms with Crippen LogP contribution in [0.1, 0.15) is 30.4 Å². The molecule has 1 saturated carbocycles. The van der Waals surface area contributed by atoms with Crippen molar-refractivity contribution < 1.29 is 19.3 Å². The summed E-state index contributed by atoms with van der Waals surface area (Å²) in [7, 11) is 4.78. The molecule has 2 bridgehead atoms. The van der Waals surface area contributed by atoms with Gasteiger partial charge in [0.15, 0.2) is 0 Å². The maximum absolute atomic E-state index is 11.9. The Labute approximate surface area is 171 Å². The Morgan fingerprint density at radius 3 is 2.52 bits per heavy atom. The van der Waals surface area contributed by atoms with Crippen LogP contribution in [0.15, 0.2) is 30.5 Å². The first-order valence-electron chi connectivity index (χ1n) is 10.1. The molecule has 1 N–H and O–H groups in total. The number of aromatic nitrogens is 2. The molecular weight excluding hydrogens is 370 g/mol. The molecule has 4 rings (SSSR count). The zero-order chi connectivity index (χ0) is 20.4. The number of fused-ring (bicyclic) bond motifs is 2. The van der Waals surface area contributed by atoms with E-state index in [-0.39, 0.29) is 17.8 Å². The number of methoxy groups -OCH3 is 3. The van der Waals surface area contributed by atoms with Gasteiger partial charge in [-0.1, -0.05) is 18.6 Å². The van der Waals surface area contributed by atoms with Gasteiger partial charge in [0.25, 0.3) is 0 Å². The molecule has 2 fully saturated rings. The van der Waals surface area contributed by atoms with Gasteiger partial charge < -0.3 is 19.3 Å². The minimum atomic E-state index is -0.985. The SMILES string of the molecule is COc1cccc(CN2CC3CCCC(C2)C3(O)c2cnc(OC)nc2OC)c1. The molecule has 29 heavy (non-hydrogen) atoms. The highest BCUT2D eigenvalue weighted by atomic mass is 16.5. The lowest BCUT2D eigenvalue weighted by Gasteiger charge is -2.53. The van der Waals surface area contributed by atoms with Crippen molar-refractivity contribution in [1.29, 1.82) is 0 Å². The molecule has 2 aliphatic rings. The first-order chi connectivity index (χ1) is 14.1. The van der Waals surface area contributed by atoms with Crippen LogP contribution in [0.4, 0.5) is 0 Å². The summed E-state index contributed by atoms with van der Waals surface area (Å²) in [6, 6.07) is 8.43. The molecule has 1 saturated heterocycles. The maximum atomic E-state index is 11.9. The summed E-state index contributed by atoms with van der Waals surface area (Å²) in [6.45, 7) is 2.48. The van der Waals surface area contributed by atoms with Gasteiger partial charge in [-0.05, 0) is 30.5 Å². The Balaban J connectivity index is 1.60. The van der Waals surface area contributed by atoms with Crippen molar-refractivity contribution in [1.82, 2.24) is 14.9 Å². The van der Waals surface area contributed by atoms with Crippen LogP contribution in [0.3, 0.4) is 0 Å². The van der Waals surface area contributed by atoms with E-state index in [2.05, 4.69) is 27.0 Å². The molecule has 156 valence electrons. The van der Waals surface area contributed by atoms with Crippen LogP contribution in [0, 0.1) is 11.8 Å². The van der Waals surface area contributed by atoms with Gasteiger partial charge in [-0.25, -0.2) is 4.98 Å². The van der Waals surface area contributed by atoms with Crippen molar-refractivity contribution in [3.05, 3.63) is 41.6 Å². The number of ether oxygens (including phenoxy) is 3. The number of nitrogens with zero attached hydrogens (tertiary/aromatic N) is 3. The number of piperidine rings is 1. The third kappa shape index (κ3) is 3.65. The minimum Gasteiger partial charge on any atom is -0.497 e. The number of benzene rings is 1. The smallest absolute Gasteiger partial charge is 0.319 e. The molecule has 2 atom stereocenters. The van der Waals surface area contributed by atoms with Gasteiger partial charge >= 0.3 is 6.01 Å². The predicted molar refractivity (Wildman–Crippen MR) is 108 cm³/mol. The van der Waals surface area contributed by atoms with Crippen molar-refractivity contribution in [2.24, 2.45) is 11.8 Å². The number of rotatable bonds is 6. The van der Waals surface area contributed by atoms with E-state index in [1.165, 1.54) is 12.7 Å². The Bertz CT molecular complexity index is 846. The zero-order valence-corrected chi connectivity index (χ0v) is 17.3. The van der Waals surface area contributed by atoms with Crippen LogP contribution in [0.2, 0.25) is 0 Å². The van der Waals surface area contributed by atoms with E-state index in [0.29, 0.717) is 11.4 Å². The van der Waals surface area contributed by atoms with Crippen LogP contribution >= 0.6 is 0 Å². The zero-order valence-electron chi connectivity index (χ0n) is 17.3. The second-order valence-electron chi connectivity index (χ2n) is 7.98. The lowest BCUT2D eigenvalue weighted by molar-refractivity contribution is -0.149. The fraction of sp³-hybridized carbons (Fsp3) is 0.545. The molecule has 1 aromatic heterocycles. The Kier molecular flexibility index (Phi) is 5.61. The van der Waals surface area contributed by atoms with Crippen LogP contribution in [-0.2, 0) is 12.1 Å². The Morgan fingerprint density at radius 2 is 1.86 bits per heavy atom. The van der Waals surface area contributed by atoms with Gasteiger partial charge in [0.1, 0.15) is 11.4 Å². The lowest BCUT2D eigenvalue weighted by Crippen LogP contribution is -2.58. The molecule has 0 spiro atoms. The Hall–Kier alpha value is -2.38. The van der Waals surface area contributed by atoms with Crippen molar-refractivity contribution >= 4 is 0 Å². The average molecular weight is 399 g/mol. The van der Waals surface area contributed by atoms with Gasteiger partial charge in [0.2, 0.25) is 5.88 Å². The highest BCUT2D eigenvalue weighted by Gasteiger charge is 2.53. The number of aliphatic hydroxyl groups is 1. The summed E-state index contributed by atoms with van der Waals surface area (Å²) in [4.78, 5) is 11.0. The Morgan fingerprint density at radius 1 is 1.10 bits per heavy atom. The van der Waals surface area contributed by atoms with E-state index in [4.69, 9.17) is 14.2 Å². The second-order valence-corrected chi connectivity index (χ2v) is 7.98. The number of hydrogen-bond donors (Lipinski definition) is 1. The number of likely N-dealkylation sites (tertiary alicyclic amines) is 1. The minimum absolute atomic E-state index is 0.103. The maximum Gasteiger partial charge on any atom is 0.319 e. The van der Waals surface area contributed by atoms with Crippen molar-refractivity contribution in [3.8, 4) is 17.6 Å². The van der Waals surface area contributed by atoms with E-state index < -0.39 is 5.60 Å². The lowest BCUT2D eigenvalue weighted by atomic mass is 9.63. The van der Waals surface area contributed by atoms with E-state index in [9.17, 15) is 5.11 Å². The predicted octanol–water partition coefficient (Wildman–Crippen LogP) is 2.62. The number of hydrogen-bond acceptors (Lipinski definition) is 7. The van der Waals surface area contributed by atoms with Crippen LogP contribution in [-0.4, -0.2) is 54.4 Å². The first-order valence-corrected chi connectivity index (χ1v) is 10.1. The summed E-state index contributed by atoms with van der Waals surface area (Å²) in [5, 5.41) is 11.9. The summed E-state index contributed by atoms with van der Waals surface area (Å²) in [6.07, 6.45) is 4.74. The molecule has 7 nitrogen and oxygen atoms in total. The normalized spacial score (nSPS) is 26.8. The molecule has 0 radical (unpaired) electrons. The fourth-order valence-corrected chi connectivity index (χ4v) is 5.02. The standard InChI is InChI=1S/C22H29N3O4/c1-27-18-9-4-6-15(10-18)12-25-13-16-7-5-8-17(14-25)22(16,26)19-11-23-21(29-3)24-20(19)28-2/h4,6,9-11,16-17,26H,5,7-8,12-14H2,1-3H3. The van der Waals surface area contributed by atoms with E-state index in [1.807, 2.05) is 12.1 Å². The third-order valence-electron chi connectivity index (χ3n) is 6.39. The molecular formula is C22H29N3O4. The van der Waals surface area contributed by atoms with Gasteiger partial charge in [0.05, 0.1) is 26.9 Å². The van der Waals surface area contributed by atoms with Gasteiger partial charge in [-0.15, -0.1) is 0 Å². The van der Waals surface area contributed by atoms with Gasteiger partial charge in [-0.2, -0.15) is 4.98 Å². The van der Waals surface area contributed by atoms with E-state index in [1.54, 1.807) is 20.4 Å². The largest absolute Gasteiger partial charge is 0.497 e. The molecule has 2 unspecified atom stereocenters. The molecule has 7 heteroatoms. The van der Waals surface area contributed by atoms with E-state index in [0.717, 1.165) is 44.6 Å². The summed E-state index contributed by atoms with van der Waals surface area (Å²) in [5.41, 5.74) is 0.913.